The normalized spacial score (nSPS) is 12.1. The highest BCUT2D eigenvalue weighted by atomic mass is 16.6. The molecule has 1 unspecified atom stereocenters. The molecule has 0 saturated heterocycles. The van der Waals surface area contributed by atoms with E-state index in [2.05, 4.69) is 0 Å². The first-order chi connectivity index (χ1) is 10.0. The molecule has 1 aromatic heterocycles. The highest BCUT2D eigenvalue weighted by Crippen LogP contribution is 2.22. The number of nitrogens with two attached hydrogens (primary N) is 1. The molecular weight excluding hydrogens is 274 g/mol. The van der Waals surface area contributed by atoms with Gasteiger partial charge in [-0.25, -0.2) is 9.59 Å². The first kappa shape index (κ1) is 14.9. The fourth-order valence-corrected chi connectivity index (χ4v) is 1.88. The standard InChI is InChI=1S/C15H17NO5/c1-3-11(14(17)19-4-2)21-15(18)13-8-9-7-10(16)5-6-12(9)20-13/h5-8,11H,3-4,16H2,1-2H3. The topological polar surface area (TPSA) is 91.8 Å². The van der Waals surface area contributed by atoms with E-state index in [1.165, 1.54) is 6.07 Å². The number of furan rings is 1. The highest BCUT2D eigenvalue weighted by molar-refractivity contribution is 5.94. The third-order valence-corrected chi connectivity index (χ3v) is 2.91. The molecule has 1 heterocycles. The summed E-state index contributed by atoms with van der Waals surface area (Å²) in [6.07, 6.45) is -0.603. The van der Waals surface area contributed by atoms with Crippen molar-refractivity contribution in [1.29, 1.82) is 0 Å². The van der Waals surface area contributed by atoms with E-state index >= 15 is 0 Å². The van der Waals surface area contributed by atoms with E-state index in [-0.39, 0.29) is 12.4 Å². The van der Waals surface area contributed by atoms with Crippen LogP contribution in [0.4, 0.5) is 5.69 Å². The quantitative estimate of drug-likeness (QED) is 0.672. The molecule has 0 bridgehead atoms. The van der Waals surface area contributed by atoms with Crippen LogP contribution in [-0.2, 0) is 14.3 Å². The molecule has 0 spiro atoms. The Morgan fingerprint density at radius 3 is 2.71 bits per heavy atom. The largest absolute Gasteiger partial charge is 0.463 e. The molecule has 1 atom stereocenters. The number of ether oxygens (including phenoxy) is 2. The van der Waals surface area contributed by atoms with E-state index < -0.39 is 18.0 Å². The average molecular weight is 291 g/mol. The van der Waals surface area contributed by atoms with Crippen LogP contribution >= 0.6 is 0 Å². The Morgan fingerprint density at radius 2 is 2.05 bits per heavy atom. The number of anilines is 1. The smallest absolute Gasteiger partial charge is 0.375 e. The van der Waals surface area contributed by atoms with Gasteiger partial charge in [0.15, 0.2) is 6.10 Å². The van der Waals surface area contributed by atoms with Gasteiger partial charge in [-0.2, -0.15) is 0 Å². The lowest BCUT2D eigenvalue weighted by Gasteiger charge is -2.13. The third kappa shape index (κ3) is 3.34. The monoisotopic (exact) mass is 291 g/mol. The molecule has 2 N–H and O–H groups in total. The molecule has 2 rings (SSSR count). The van der Waals surface area contributed by atoms with Crippen molar-refractivity contribution in [3.8, 4) is 0 Å². The summed E-state index contributed by atoms with van der Waals surface area (Å²) < 4.78 is 15.4. The number of hydrogen-bond donors (Lipinski definition) is 1. The molecule has 0 fully saturated rings. The molecule has 0 radical (unpaired) electrons. The summed E-state index contributed by atoms with van der Waals surface area (Å²) in [5.74, 6) is -1.24. The molecule has 0 aliphatic rings. The predicted molar refractivity (Wildman–Crippen MR) is 76.8 cm³/mol. The van der Waals surface area contributed by atoms with Crippen LogP contribution in [-0.4, -0.2) is 24.6 Å². The van der Waals surface area contributed by atoms with Gasteiger partial charge >= 0.3 is 11.9 Å². The summed E-state index contributed by atoms with van der Waals surface area (Å²) in [6, 6.07) is 6.57. The van der Waals surface area contributed by atoms with Crippen molar-refractivity contribution in [2.24, 2.45) is 0 Å². The van der Waals surface area contributed by atoms with E-state index in [0.29, 0.717) is 23.1 Å². The Labute approximate surface area is 121 Å². The maximum Gasteiger partial charge on any atom is 0.375 e. The summed E-state index contributed by atoms with van der Waals surface area (Å²) in [6.45, 7) is 3.65. The summed E-state index contributed by atoms with van der Waals surface area (Å²) in [5.41, 5.74) is 6.76. The molecular formula is C15H17NO5. The van der Waals surface area contributed by atoms with Crippen molar-refractivity contribution >= 4 is 28.6 Å². The van der Waals surface area contributed by atoms with Gasteiger partial charge in [-0.3, -0.25) is 0 Å². The van der Waals surface area contributed by atoms with E-state index in [4.69, 9.17) is 19.6 Å². The van der Waals surface area contributed by atoms with Crippen molar-refractivity contribution < 1.29 is 23.5 Å². The second-order valence-corrected chi connectivity index (χ2v) is 4.46. The van der Waals surface area contributed by atoms with Crippen LogP contribution in [0.1, 0.15) is 30.8 Å². The first-order valence-electron chi connectivity index (χ1n) is 6.71. The van der Waals surface area contributed by atoms with Crippen molar-refractivity contribution in [2.75, 3.05) is 12.3 Å². The number of hydrogen-bond acceptors (Lipinski definition) is 6. The van der Waals surface area contributed by atoms with Gasteiger partial charge in [0, 0.05) is 11.1 Å². The van der Waals surface area contributed by atoms with Crippen LogP contribution in [0.2, 0.25) is 0 Å². The lowest BCUT2D eigenvalue weighted by atomic mass is 10.2. The molecule has 0 aliphatic heterocycles. The predicted octanol–water partition coefficient (Wildman–Crippen LogP) is 2.51. The first-order valence-corrected chi connectivity index (χ1v) is 6.71. The van der Waals surface area contributed by atoms with Crippen LogP contribution in [0.15, 0.2) is 28.7 Å². The second kappa shape index (κ2) is 6.30. The Hall–Kier alpha value is -2.50. The van der Waals surface area contributed by atoms with E-state index in [9.17, 15) is 9.59 Å². The van der Waals surface area contributed by atoms with Crippen LogP contribution in [0.25, 0.3) is 11.0 Å². The maximum absolute atomic E-state index is 12.0. The molecule has 21 heavy (non-hydrogen) atoms. The molecule has 1 aromatic carbocycles. The molecule has 0 saturated carbocycles. The Kier molecular flexibility index (Phi) is 4.47. The number of nitrogen functional groups attached to an aromatic ring is 1. The zero-order valence-corrected chi connectivity index (χ0v) is 11.9. The fourth-order valence-electron chi connectivity index (χ4n) is 1.88. The number of carbonyl (C=O) groups is 2. The highest BCUT2D eigenvalue weighted by Gasteiger charge is 2.25. The van der Waals surface area contributed by atoms with Crippen LogP contribution in [0, 0.1) is 0 Å². The van der Waals surface area contributed by atoms with E-state index in [0.717, 1.165) is 0 Å². The number of carbonyl (C=O) groups excluding carboxylic acids is 2. The van der Waals surface area contributed by atoms with Crippen LogP contribution in [0.5, 0.6) is 0 Å². The van der Waals surface area contributed by atoms with Crippen LogP contribution in [0.3, 0.4) is 0 Å². The van der Waals surface area contributed by atoms with Crippen molar-refractivity contribution in [3.05, 3.63) is 30.0 Å². The molecule has 6 nitrogen and oxygen atoms in total. The summed E-state index contributed by atoms with van der Waals surface area (Å²) in [4.78, 5) is 23.6. The van der Waals surface area contributed by atoms with Gasteiger partial charge < -0.3 is 19.6 Å². The number of benzene rings is 1. The average Bonchev–Trinajstić information content (AvgIpc) is 2.87. The van der Waals surface area contributed by atoms with Crippen molar-refractivity contribution in [1.82, 2.24) is 0 Å². The Balaban J connectivity index is 2.15. The van der Waals surface area contributed by atoms with E-state index in [1.807, 2.05) is 0 Å². The summed E-state index contributed by atoms with van der Waals surface area (Å²) in [7, 11) is 0. The van der Waals surface area contributed by atoms with Crippen LogP contribution < -0.4 is 5.73 Å². The third-order valence-electron chi connectivity index (χ3n) is 2.91. The van der Waals surface area contributed by atoms with Crippen molar-refractivity contribution in [2.45, 2.75) is 26.4 Å². The van der Waals surface area contributed by atoms with Crippen molar-refractivity contribution in [3.63, 3.8) is 0 Å². The fraction of sp³-hybridized carbons (Fsp3) is 0.333. The lowest BCUT2D eigenvalue weighted by Crippen LogP contribution is -2.28. The lowest BCUT2D eigenvalue weighted by molar-refractivity contribution is -0.153. The SMILES string of the molecule is CCOC(=O)C(CC)OC(=O)c1cc2cc(N)ccc2o1. The summed E-state index contributed by atoms with van der Waals surface area (Å²) in [5, 5.41) is 0.700. The summed E-state index contributed by atoms with van der Waals surface area (Å²) >= 11 is 0. The molecule has 2 aromatic rings. The van der Waals surface area contributed by atoms with Gasteiger partial charge in [-0.05, 0) is 37.6 Å². The van der Waals surface area contributed by atoms with Gasteiger partial charge in [0.2, 0.25) is 5.76 Å². The molecule has 0 aliphatic carbocycles. The maximum atomic E-state index is 12.0. The number of rotatable bonds is 5. The van der Waals surface area contributed by atoms with Gasteiger partial charge in [0.25, 0.3) is 0 Å². The Bertz CT molecular complexity index is 661. The molecule has 6 heteroatoms. The van der Waals surface area contributed by atoms with Gasteiger partial charge in [-0.15, -0.1) is 0 Å². The minimum Gasteiger partial charge on any atom is -0.463 e. The zero-order chi connectivity index (χ0) is 15.4. The minimum atomic E-state index is -0.935. The zero-order valence-electron chi connectivity index (χ0n) is 11.9. The van der Waals surface area contributed by atoms with Gasteiger partial charge in [0.05, 0.1) is 6.61 Å². The van der Waals surface area contributed by atoms with E-state index in [1.54, 1.807) is 32.0 Å². The Morgan fingerprint density at radius 1 is 1.29 bits per heavy atom. The van der Waals surface area contributed by atoms with Gasteiger partial charge in [-0.1, -0.05) is 6.92 Å². The number of fused-ring (bicyclic) bond motifs is 1. The molecule has 112 valence electrons. The molecule has 0 amide bonds. The minimum absolute atomic E-state index is 0.0262. The second-order valence-electron chi connectivity index (χ2n) is 4.46. The van der Waals surface area contributed by atoms with Gasteiger partial charge in [0.1, 0.15) is 5.58 Å². The number of esters is 2.